The van der Waals surface area contributed by atoms with E-state index in [0.717, 1.165) is 11.1 Å². The molecule has 0 atom stereocenters. The molecule has 0 saturated carbocycles. The van der Waals surface area contributed by atoms with Gasteiger partial charge in [0, 0.05) is 5.02 Å². The minimum Gasteiger partial charge on any atom is -0.503 e. The molecular weight excluding hydrogens is 503 g/mol. The largest absolute Gasteiger partial charge is 0.503 e. The van der Waals surface area contributed by atoms with E-state index in [2.05, 4.69) is 42.4 Å². The second-order valence-corrected chi connectivity index (χ2v) is 7.61. The molecule has 0 fully saturated rings. The monoisotopic (exact) mass is 518 g/mol. The standard InChI is InChI=1S/C18H17Br2ClN2O4/c1-9-4-13(16(20)10(2)17(9)21)27-8-15(24)23-22-7-11-5-12(19)18(25)14(6-11)26-3/h4-7,25H,8H2,1-3H3,(H,23,24)/b22-7+. The summed E-state index contributed by atoms with van der Waals surface area (Å²) < 4.78 is 11.8. The van der Waals surface area contributed by atoms with Gasteiger partial charge in [-0.25, -0.2) is 5.43 Å². The summed E-state index contributed by atoms with van der Waals surface area (Å²) >= 11 is 12.8. The molecule has 0 unspecified atom stereocenters. The van der Waals surface area contributed by atoms with E-state index in [4.69, 9.17) is 21.1 Å². The number of hydrogen-bond donors (Lipinski definition) is 2. The SMILES string of the molecule is COc1cc(/C=N/NC(=O)COc2cc(C)c(Cl)c(C)c2Br)cc(Br)c1O. The molecule has 0 saturated heterocycles. The highest BCUT2D eigenvalue weighted by atomic mass is 79.9. The highest BCUT2D eigenvalue weighted by molar-refractivity contribution is 9.11. The van der Waals surface area contributed by atoms with Gasteiger partial charge in [0.1, 0.15) is 5.75 Å². The van der Waals surface area contributed by atoms with Crippen molar-refractivity contribution in [3.8, 4) is 17.2 Å². The lowest BCUT2D eigenvalue weighted by atomic mass is 10.1. The average Bonchev–Trinajstić information content (AvgIpc) is 2.64. The Labute approximate surface area is 178 Å². The smallest absolute Gasteiger partial charge is 0.277 e. The fraction of sp³-hybridized carbons (Fsp3) is 0.222. The molecule has 2 N–H and O–H groups in total. The molecule has 27 heavy (non-hydrogen) atoms. The Kier molecular flexibility index (Phi) is 7.52. The van der Waals surface area contributed by atoms with Crippen LogP contribution in [0.5, 0.6) is 17.2 Å². The van der Waals surface area contributed by atoms with Crippen molar-refractivity contribution in [2.45, 2.75) is 13.8 Å². The third-order valence-electron chi connectivity index (χ3n) is 3.60. The summed E-state index contributed by atoms with van der Waals surface area (Å²) in [6.07, 6.45) is 1.43. The van der Waals surface area contributed by atoms with Gasteiger partial charge in [-0.3, -0.25) is 4.79 Å². The number of nitrogens with zero attached hydrogens (tertiary/aromatic N) is 1. The summed E-state index contributed by atoms with van der Waals surface area (Å²) in [5, 5.41) is 14.3. The Morgan fingerprint density at radius 3 is 2.67 bits per heavy atom. The van der Waals surface area contributed by atoms with Crippen molar-refractivity contribution in [3.63, 3.8) is 0 Å². The van der Waals surface area contributed by atoms with Crippen LogP contribution < -0.4 is 14.9 Å². The van der Waals surface area contributed by atoms with E-state index in [1.165, 1.54) is 13.3 Å². The summed E-state index contributed by atoms with van der Waals surface area (Å²) in [4.78, 5) is 11.9. The highest BCUT2D eigenvalue weighted by Gasteiger charge is 2.12. The van der Waals surface area contributed by atoms with E-state index in [-0.39, 0.29) is 12.4 Å². The fourth-order valence-electron chi connectivity index (χ4n) is 2.18. The third-order valence-corrected chi connectivity index (χ3v) is 5.77. The van der Waals surface area contributed by atoms with Gasteiger partial charge in [-0.15, -0.1) is 0 Å². The van der Waals surface area contributed by atoms with Gasteiger partial charge in [0.15, 0.2) is 18.1 Å². The number of amides is 1. The van der Waals surface area contributed by atoms with Crippen molar-refractivity contribution in [2.24, 2.45) is 5.10 Å². The molecular formula is C18H17Br2ClN2O4. The van der Waals surface area contributed by atoms with E-state index >= 15 is 0 Å². The van der Waals surface area contributed by atoms with Gasteiger partial charge >= 0.3 is 0 Å². The van der Waals surface area contributed by atoms with Crippen molar-refractivity contribution in [1.82, 2.24) is 5.43 Å². The lowest BCUT2D eigenvalue weighted by Gasteiger charge is -2.12. The number of carbonyl (C=O) groups excluding carboxylic acids is 1. The fourth-order valence-corrected chi connectivity index (χ4v) is 3.33. The summed E-state index contributed by atoms with van der Waals surface area (Å²) in [7, 11) is 1.44. The molecule has 0 aromatic heterocycles. The summed E-state index contributed by atoms with van der Waals surface area (Å²) in [6.45, 7) is 3.52. The Morgan fingerprint density at radius 2 is 2.00 bits per heavy atom. The predicted molar refractivity (Wildman–Crippen MR) is 112 cm³/mol. The third kappa shape index (κ3) is 5.37. The van der Waals surface area contributed by atoms with Gasteiger partial charge in [0.25, 0.3) is 5.91 Å². The van der Waals surface area contributed by atoms with Crippen LogP contribution in [0, 0.1) is 13.8 Å². The first kappa shape index (κ1) is 21.5. The van der Waals surface area contributed by atoms with Crippen molar-refractivity contribution in [2.75, 3.05) is 13.7 Å². The minimum atomic E-state index is -0.423. The molecule has 0 aliphatic rings. The quantitative estimate of drug-likeness (QED) is 0.427. The minimum absolute atomic E-state index is 0.00814. The van der Waals surface area contributed by atoms with Gasteiger partial charge in [-0.2, -0.15) is 5.10 Å². The molecule has 6 nitrogen and oxygen atoms in total. The van der Waals surface area contributed by atoms with Crippen molar-refractivity contribution >= 4 is 55.6 Å². The number of ether oxygens (including phenoxy) is 2. The average molecular weight is 521 g/mol. The van der Waals surface area contributed by atoms with E-state index in [1.54, 1.807) is 18.2 Å². The van der Waals surface area contributed by atoms with Crippen LogP contribution in [0.1, 0.15) is 16.7 Å². The number of phenolic OH excluding ortho intramolecular Hbond substituents is 1. The number of aryl methyl sites for hydroxylation is 1. The molecule has 0 aliphatic carbocycles. The Morgan fingerprint density at radius 1 is 1.30 bits per heavy atom. The predicted octanol–water partition coefficient (Wildman–Crippen LogP) is 4.73. The zero-order valence-corrected chi connectivity index (χ0v) is 18.7. The van der Waals surface area contributed by atoms with E-state index in [9.17, 15) is 9.90 Å². The van der Waals surface area contributed by atoms with E-state index in [1.807, 2.05) is 13.8 Å². The topological polar surface area (TPSA) is 80.2 Å². The Hall–Kier alpha value is -1.77. The zero-order valence-electron chi connectivity index (χ0n) is 14.8. The number of rotatable bonds is 6. The molecule has 9 heteroatoms. The Bertz CT molecular complexity index is 904. The van der Waals surface area contributed by atoms with E-state index in [0.29, 0.717) is 31.0 Å². The molecule has 0 bridgehead atoms. The van der Waals surface area contributed by atoms with Gasteiger partial charge in [-0.05, 0) is 80.6 Å². The van der Waals surface area contributed by atoms with Crippen LogP contribution in [0.4, 0.5) is 0 Å². The van der Waals surface area contributed by atoms with Gasteiger partial charge in [-0.1, -0.05) is 11.6 Å². The second-order valence-electron chi connectivity index (χ2n) is 5.58. The number of nitrogens with one attached hydrogen (secondary N) is 1. The molecule has 0 heterocycles. The normalized spacial score (nSPS) is 10.9. The second kappa shape index (κ2) is 9.43. The maximum atomic E-state index is 11.9. The molecule has 0 spiro atoms. The van der Waals surface area contributed by atoms with Crippen molar-refractivity contribution in [1.29, 1.82) is 0 Å². The number of carbonyl (C=O) groups is 1. The maximum absolute atomic E-state index is 11.9. The number of halogens is 3. The number of hydrazone groups is 1. The molecule has 1 amide bonds. The number of phenols is 1. The summed E-state index contributed by atoms with van der Waals surface area (Å²) in [5.74, 6) is 0.388. The summed E-state index contributed by atoms with van der Waals surface area (Å²) in [6, 6.07) is 4.99. The van der Waals surface area contributed by atoms with Crippen LogP contribution in [0.2, 0.25) is 5.02 Å². The first-order valence-corrected chi connectivity index (χ1v) is 9.67. The van der Waals surface area contributed by atoms with Crippen LogP contribution in [-0.4, -0.2) is 30.9 Å². The lowest BCUT2D eigenvalue weighted by molar-refractivity contribution is -0.123. The zero-order chi connectivity index (χ0) is 20.1. The number of hydrogen-bond acceptors (Lipinski definition) is 5. The first-order chi connectivity index (χ1) is 12.7. The highest BCUT2D eigenvalue weighted by Crippen LogP contribution is 2.36. The van der Waals surface area contributed by atoms with Crippen LogP contribution in [0.25, 0.3) is 0 Å². The summed E-state index contributed by atoms with van der Waals surface area (Å²) in [5.41, 5.74) is 4.71. The number of aromatic hydroxyl groups is 1. The van der Waals surface area contributed by atoms with Crippen molar-refractivity contribution in [3.05, 3.63) is 48.9 Å². The van der Waals surface area contributed by atoms with Crippen LogP contribution in [-0.2, 0) is 4.79 Å². The number of methoxy groups -OCH3 is 1. The lowest BCUT2D eigenvalue weighted by Crippen LogP contribution is -2.24. The molecule has 0 aliphatic heterocycles. The molecule has 2 rings (SSSR count). The van der Waals surface area contributed by atoms with Gasteiger partial charge < -0.3 is 14.6 Å². The van der Waals surface area contributed by atoms with Crippen molar-refractivity contribution < 1.29 is 19.4 Å². The van der Waals surface area contributed by atoms with Crippen LogP contribution in [0.15, 0.2) is 32.2 Å². The molecule has 0 radical (unpaired) electrons. The first-order valence-electron chi connectivity index (χ1n) is 7.71. The van der Waals surface area contributed by atoms with Crippen LogP contribution >= 0.6 is 43.5 Å². The maximum Gasteiger partial charge on any atom is 0.277 e. The van der Waals surface area contributed by atoms with E-state index < -0.39 is 5.91 Å². The Balaban J connectivity index is 1.98. The molecule has 2 aromatic carbocycles. The van der Waals surface area contributed by atoms with Gasteiger partial charge in [0.2, 0.25) is 0 Å². The molecule has 2 aromatic rings. The van der Waals surface area contributed by atoms with Crippen LogP contribution in [0.3, 0.4) is 0 Å². The van der Waals surface area contributed by atoms with Gasteiger partial charge in [0.05, 0.1) is 22.3 Å². The molecule has 144 valence electrons. The number of benzene rings is 2.